The van der Waals surface area contributed by atoms with Crippen LogP contribution >= 0.6 is 0 Å². The summed E-state index contributed by atoms with van der Waals surface area (Å²) in [6, 6.07) is 15.0. The number of amides is 2. The number of rotatable bonds is 7. The Morgan fingerprint density at radius 2 is 1.78 bits per heavy atom. The number of nitrogens with one attached hydrogen (secondary N) is 1. The van der Waals surface area contributed by atoms with Crippen LogP contribution < -0.4 is 11.1 Å². The van der Waals surface area contributed by atoms with Crippen molar-refractivity contribution in [1.29, 1.82) is 0 Å². The molecule has 1 aliphatic heterocycles. The number of likely N-dealkylation sites (tertiary alicyclic amines) is 1. The molecular formula is C24H27N5O3. The van der Waals surface area contributed by atoms with Crippen LogP contribution in [0.25, 0.3) is 11.5 Å². The van der Waals surface area contributed by atoms with E-state index >= 15 is 0 Å². The van der Waals surface area contributed by atoms with E-state index in [9.17, 15) is 9.59 Å². The van der Waals surface area contributed by atoms with Crippen LogP contribution in [-0.4, -0.2) is 46.5 Å². The number of carbonyl (C=O) groups excluding carboxylic acids is 2. The molecule has 0 radical (unpaired) electrons. The zero-order chi connectivity index (χ0) is 22.5. The quantitative estimate of drug-likeness (QED) is 0.592. The number of hydrogen-bond donors (Lipinski definition) is 2. The molecule has 2 amide bonds. The molecule has 8 heteroatoms. The molecule has 3 N–H and O–H groups in total. The predicted octanol–water partition coefficient (Wildman–Crippen LogP) is 3.04. The van der Waals surface area contributed by atoms with E-state index in [-0.39, 0.29) is 17.7 Å². The van der Waals surface area contributed by atoms with Crippen LogP contribution in [-0.2, 0) is 11.2 Å². The summed E-state index contributed by atoms with van der Waals surface area (Å²) in [5.41, 5.74) is 8.67. The Hall–Kier alpha value is -3.52. The summed E-state index contributed by atoms with van der Waals surface area (Å²) in [4.78, 5) is 30.4. The Labute approximate surface area is 186 Å². The molecule has 1 aromatic heterocycles. The fraction of sp³-hybridized carbons (Fsp3) is 0.333. The summed E-state index contributed by atoms with van der Waals surface area (Å²) in [6.07, 6.45) is 2.61. The fourth-order valence-corrected chi connectivity index (χ4v) is 3.86. The predicted molar refractivity (Wildman–Crippen MR) is 121 cm³/mol. The first-order chi connectivity index (χ1) is 15.5. The fourth-order valence-electron chi connectivity index (χ4n) is 3.86. The maximum atomic E-state index is 12.6. The third-order valence-electron chi connectivity index (χ3n) is 5.84. The zero-order valence-corrected chi connectivity index (χ0v) is 18.1. The number of nitrogens with zero attached hydrogens (tertiary/aromatic N) is 3. The summed E-state index contributed by atoms with van der Waals surface area (Å²) in [7, 11) is 0. The summed E-state index contributed by atoms with van der Waals surface area (Å²) >= 11 is 0. The molecule has 1 fully saturated rings. The van der Waals surface area contributed by atoms with E-state index in [2.05, 4.69) is 20.4 Å². The second-order valence-electron chi connectivity index (χ2n) is 8.14. The van der Waals surface area contributed by atoms with Gasteiger partial charge in [0.25, 0.3) is 11.8 Å². The number of aromatic nitrogens is 2. The molecule has 2 heterocycles. The van der Waals surface area contributed by atoms with Gasteiger partial charge in [0.1, 0.15) is 0 Å². The van der Waals surface area contributed by atoms with Crippen molar-refractivity contribution >= 4 is 17.5 Å². The smallest absolute Gasteiger partial charge is 0.257 e. The van der Waals surface area contributed by atoms with Gasteiger partial charge in [-0.15, -0.1) is 0 Å². The van der Waals surface area contributed by atoms with Crippen LogP contribution in [0, 0.1) is 12.8 Å². The first-order valence-electron chi connectivity index (χ1n) is 10.8. The van der Waals surface area contributed by atoms with E-state index in [0.717, 1.165) is 50.1 Å². The van der Waals surface area contributed by atoms with Crippen LogP contribution in [0.1, 0.15) is 34.6 Å². The van der Waals surface area contributed by atoms with Crippen molar-refractivity contribution in [1.82, 2.24) is 15.0 Å². The van der Waals surface area contributed by atoms with Crippen LogP contribution in [0.3, 0.4) is 0 Å². The molecule has 1 aliphatic rings. The van der Waals surface area contributed by atoms with Crippen molar-refractivity contribution in [3.05, 3.63) is 65.5 Å². The Bertz CT molecular complexity index is 1070. The van der Waals surface area contributed by atoms with Crippen LogP contribution in [0.5, 0.6) is 0 Å². The Morgan fingerprint density at radius 1 is 1.09 bits per heavy atom. The molecule has 4 rings (SSSR count). The van der Waals surface area contributed by atoms with Gasteiger partial charge >= 0.3 is 0 Å². The second kappa shape index (κ2) is 9.74. The van der Waals surface area contributed by atoms with E-state index in [0.29, 0.717) is 17.3 Å². The Kier molecular flexibility index (Phi) is 6.61. The number of carbonyl (C=O) groups is 2. The van der Waals surface area contributed by atoms with E-state index in [4.69, 9.17) is 10.3 Å². The lowest BCUT2D eigenvalue weighted by molar-refractivity contribution is -0.123. The minimum absolute atomic E-state index is 0.0216. The summed E-state index contributed by atoms with van der Waals surface area (Å²) < 4.78 is 5.15. The van der Waals surface area contributed by atoms with E-state index < -0.39 is 0 Å². The number of benzene rings is 2. The van der Waals surface area contributed by atoms with Crippen molar-refractivity contribution in [2.45, 2.75) is 26.2 Å². The first-order valence-corrected chi connectivity index (χ1v) is 10.8. The number of nitrogens with two attached hydrogens (primary N) is 1. The normalized spacial score (nSPS) is 14.9. The van der Waals surface area contributed by atoms with Gasteiger partial charge in [0, 0.05) is 29.3 Å². The summed E-state index contributed by atoms with van der Waals surface area (Å²) in [5.74, 6) is 0.664. The standard InChI is InChI=1S/C24H27N5O3/c1-16-26-24(32-28-16)20-6-4-19(5-7-20)23(31)27-21-8-2-17(3-9-21)10-13-29-14-11-18(12-15-29)22(25)30/h2-9,18H,10-15H2,1H3,(H2,25,30)(H,27,31). The lowest BCUT2D eigenvalue weighted by Gasteiger charge is -2.30. The topological polar surface area (TPSA) is 114 Å². The molecule has 2 aromatic carbocycles. The molecule has 1 saturated heterocycles. The SMILES string of the molecule is Cc1noc(-c2ccc(C(=O)Nc3ccc(CCN4CCC(C(N)=O)CC4)cc3)cc2)n1. The summed E-state index contributed by atoms with van der Waals surface area (Å²) in [6.45, 7) is 4.52. The molecule has 0 atom stereocenters. The van der Waals surface area contributed by atoms with Crippen molar-refractivity contribution in [2.75, 3.05) is 25.0 Å². The van der Waals surface area contributed by atoms with Gasteiger partial charge in [-0.1, -0.05) is 17.3 Å². The molecule has 166 valence electrons. The highest BCUT2D eigenvalue weighted by Crippen LogP contribution is 2.20. The number of hydrogen-bond acceptors (Lipinski definition) is 6. The van der Waals surface area contributed by atoms with Crippen molar-refractivity contribution in [3.63, 3.8) is 0 Å². The molecule has 32 heavy (non-hydrogen) atoms. The minimum Gasteiger partial charge on any atom is -0.369 e. The van der Waals surface area contributed by atoms with Crippen molar-refractivity contribution in [3.8, 4) is 11.5 Å². The maximum Gasteiger partial charge on any atom is 0.257 e. The molecule has 0 unspecified atom stereocenters. The largest absolute Gasteiger partial charge is 0.369 e. The monoisotopic (exact) mass is 433 g/mol. The van der Waals surface area contributed by atoms with E-state index in [1.54, 1.807) is 31.2 Å². The van der Waals surface area contributed by atoms with Gasteiger partial charge < -0.3 is 20.5 Å². The van der Waals surface area contributed by atoms with E-state index in [1.165, 1.54) is 5.56 Å². The lowest BCUT2D eigenvalue weighted by Crippen LogP contribution is -2.39. The molecule has 0 bridgehead atoms. The number of primary amides is 1. The van der Waals surface area contributed by atoms with Gasteiger partial charge in [-0.05, 0) is 81.2 Å². The molecule has 0 spiro atoms. The molecule has 3 aromatic rings. The average Bonchev–Trinajstić information content (AvgIpc) is 3.25. The van der Waals surface area contributed by atoms with Crippen LogP contribution in [0.4, 0.5) is 5.69 Å². The molecular weight excluding hydrogens is 406 g/mol. The van der Waals surface area contributed by atoms with Crippen LogP contribution in [0.15, 0.2) is 53.1 Å². The average molecular weight is 434 g/mol. The van der Waals surface area contributed by atoms with Gasteiger partial charge in [0.15, 0.2) is 5.82 Å². The van der Waals surface area contributed by atoms with Crippen LogP contribution in [0.2, 0.25) is 0 Å². The molecule has 0 aliphatic carbocycles. The minimum atomic E-state index is -0.180. The number of piperidine rings is 1. The first kappa shape index (κ1) is 21.7. The van der Waals surface area contributed by atoms with Gasteiger partial charge in [-0.25, -0.2) is 0 Å². The van der Waals surface area contributed by atoms with Gasteiger partial charge in [-0.3, -0.25) is 9.59 Å². The Morgan fingerprint density at radius 3 is 2.38 bits per heavy atom. The van der Waals surface area contributed by atoms with Crippen molar-refractivity contribution in [2.24, 2.45) is 11.7 Å². The number of anilines is 1. The highest BCUT2D eigenvalue weighted by molar-refractivity contribution is 6.04. The third kappa shape index (κ3) is 5.39. The molecule has 8 nitrogen and oxygen atoms in total. The zero-order valence-electron chi connectivity index (χ0n) is 18.1. The van der Waals surface area contributed by atoms with E-state index in [1.807, 2.05) is 24.3 Å². The maximum absolute atomic E-state index is 12.6. The molecule has 0 saturated carbocycles. The van der Waals surface area contributed by atoms with Gasteiger partial charge in [0.2, 0.25) is 5.91 Å². The summed E-state index contributed by atoms with van der Waals surface area (Å²) in [5, 5.41) is 6.70. The van der Waals surface area contributed by atoms with Gasteiger partial charge in [-0.2, -0.15) is 4.98 Å². The van der Waals surface area contributed by atoms with Gasteiger partial charge in [0.05, 0.1) is 0 Å². The third-order valence-corrected chi connectivity index (χ3v) is 5.84. The second-order valence-corrected chi connectivity index (χ2v) is 8.14. The lowest BCUT2D eigenvalue weighted by atomic mass is 9.96. The highest BCUT2D eigenvalue weighted by atomic mass is 16.5. The number of aryl methyl sites for hydroxylation is 1. The Balaban J connectivity index is 1.27. The van der Waals surface area contributed by atoms with Crippen molar-refractivity contribution < 1.29 is 14.1 Å². The highest BCUT2D eigenvalue weighted by Gasteiger charge is 2.22.